The van der Waals surface area contributed by atoms with Gasteiger partial charge in [0.15, 0.2) is 5.96 Å². The Labute approximate surface area is 155 Å². The number of nitrogens with one attached hydrogen (secondary N) is 3. The van der Waals surface area contributed by atoms with Gasteiger partial charge in [0.25, 0.3) is 0 Å². The first-order valence-corrected chi connectivity index (χ1v) is 8.11. The van der Waals surface area contributed by atoms with Crippen molar-refractivity contribution in [3.63, 3.8) is 0 Å². The predicted octanol–water partition coefficient (Wildman–Crippen LogP) is -4.45. The predicted molar refractivity (Wildman–Crippen MR) is 95.2 cm³/mol. The molecule has 0 saturated carbocycles. The molecule has 0 fully saturated rings. The van der Waals surface area contributed by atoms with Gasteiger partial charge in [-0.2, -0.15) is 0 Å². The minimum absolute atomic E-state index is 0.0780. The molecular weight excluding hydrogens is 362 g/mol. The van der Waals surface area contributed by atoms with Crippen LogP contribution >= 0.6 is 0 Å². The average molecular weight is 389 g/mol. The van der Waals surface area contributed by atoms with Crippen molar-refractivity contribution < 1.29 is 29.4 Å². The number of carboxylic acid groups (broad SMARTS) is 1. The number of carbonyl (C=O) groups is 4. The number of hydrogen-bond acceptors (Lipinski definition) is 7. The Morgan fingerprint density at radius 2 is 1.74 bits per heavy atom. The number of carbonyl (C=O) groups excluding carboxylic acids is 3. The van der Waals surface area contributed by atoms with Gasteiger partial charge in [-0.25, -0.2) is 4.79 Å². The van der Waals surface area contributed by atoms with Gasteiger partial charge in [0.05, 0.1) is 19.2 Å². The molecule has 3 amide bonds. The lowest BCUT2D eigenvalue weighted by Crippen LogP contribution is -2.55. The molecule has 0 saturated heterocycles. The summed E-state index contributed by atoms with van der Waals surface area (Å²) in [5, 5.41) is 25.3. The summed E-state index contributed by atoms with van der Waals surface area (Å²) in [4.78, 5) is 50.0. The summed E-state index contributed by atoms with van der Waals surface area (Å²) in [5.74, 6) is -3.61. The van der Waals surface area contributed by atoms with Crippen LogP contribution in [0.5, 0.6) is 0 Å². The summed E-state index contributed by atoms with van der Waals surface area (Å²) in [6.07, 6.45) is -0.836. The van der Waals surface area contributed by atoms with Gasteiger partial charge < -0.3 is 43.4 Å². The summed E-state index contributed by atoms with van der Waals surface area (Å²) in [6.45, 7) is 0.559. The summed E-state index contributed by atoms with van der Waals surface area (Å²) in [7, 11) is 0. The van der Waals surface area contributed by atoms with Gasteiger partial charge in [-0.3, -0.25) is 19.4 Å². The Balaban J connectivity index is 4.54. The number of aliphatic hydroxyl groups excluding tert-OH is 1. The fourth-order valence-electron chi connectivity index (χ4n) is 1.92. The standard InChI is InChI=1S/C14H27N7O6/c1-7(22)11(21-9(23)5-15)12(25)19-6-10(24)20-8(13(26)27)3-2-4-18-14(16)17/h7-8,11,22H,2-6,15H2,1H3,(H,19,25)(H,20,24)(H,21,23)(H,26,27)(H4,16,17,18). The molecule has 0 aromatic heterocycles. The number of nitrogens with two attached hydrogens (primary N) is 3. The van der Waals surface area contributed by atoms with Gasteiger partial charge in [0.1, 0.15) is 12.1 Å². The van der Waals surface area contributed by atoms with Gasteiger partial charge >= 0.3 is 5.97 Å². The molecule has 3 unspecified atom stereocenters. The molecule has 0 aliphatic heterocycles. The topological polar surface area (TPSA) is 235 Å². The first-order valence-electron chi connectivity index (χ1n) is 8.11. The van der Waals surface area contributed by atoms with Crippen molar-refractivity contribution in [2.24, 2.45) is 22.2 Å². The van der Waals surface area contributed by atoms with E-state index >= 15 is 0 Å². The van der Waals surface area contributed by atoms with E-state index in [1.165, 1.54) is 6.92 Å². The van der Waals surface area contributed by atoms with Gasteiger partial charge in [0, 0.05) is 6.54 Å². The molecule has 0 heterocycles. The third-order valence-electron chi connectivity index (χ3n) is 3.27. The van der Waals surface area contributed by atoms with Crippen LogP contribution in [0.3, 0.4) is 0 Å². The van der Waals surface area contributed by atoms with E-state index in [1.54, 1.807) is 0 Å². The van der Waals surface area contributed by atoms with Crippen molar-refractivity contribution in [1.29, 1.82) is 0 Å². The van der Waals surface area contributed by atoms with Gasteiger partial charge in [-0.05, 0) is 19.8 Å². The molecule has 0 rings (SSSR count). The second-order valence-corrected chi connectivity index (χ2v) is 5.61. The summed E-state index contributed by atoms with van der Waals surface area (Å²) in [6, 6.07) is -2.49. The molecule has 0 aliphatic rings. The molecule has 13 heteroatoms. The fourth-order valence-corrected chi connectivity index (χ4v) is 1.92. The number of aliphatic hydroxyl groups is 1. The summed E-state index contributed by atoms with van der Waals surface area (Å²) >= 11 is 0. The maximum Gasteiger partial charge on any atom is 0.326 e. The van der Waals surface area contributed by atoms with Crippen molar-refractivity contribution in [1.82, 2.24) is 16.0 Å². The van der Waals surface area contributed by atoms with Crippen LogP contribution in [0.1, 0.15) is 19.8 Å². The normalized spacial score (nSPS) is 13.6. The number of nitrogens with zero attached hydrogens (tertiary/aromatic N) is 1. The minimum atomic E-state index is -1.30. The monoisotopic (exact) mass is 389 g/mol. The number of aliphatic imine (C=N–C) groups is 1. The van der Waals surface area contributed by atoms with Gasteiger partial charge in [0.2, 0.25) is 17.7 Å². The third kappa shape index (κ3) is 10.6. The van der Waals surface area contributed by atoms with Crippen LogP contribution in [0.25, 0.3) is 0 Å². The Bertz CT molecular complexity index is 562. The quantitative estimate of drug-likeness (QED) is 0.0911. The third-order valence-corrected chi connectivity index (χ3v) is 3.27. The Kier molecular flexibility index (Phi) is 11.1. The van der Waals surface area contributed by atoms with Gasteiger partial charge in [-0.1, -0.05) is 0 Å². The number of rotatable bonds is 12. The highest BCUT2D eigenvalue weighted by Gasteiger charge is 2.26. The van der Waals surface area contributed by atoms with Crippen molar-refractivity contribution >= 4 is 29.7 Å². The van der Waals surface area contributed by atoms with Crippen molar-refractivity contribution in [2.75, 3.05) is 19.6 Å². The first kappa shape index (κ1) is 24.1. The van der Waals surface area contributed by atoms with Crippen LogP contribution in [-0.2, 0) is 19.2 Å². The van der Waals surface area contributed by atoms with E-state index in [0.717, 1.165) is 0 Å². The van der Waals surface area contributed by atoms with E-state index in [4.69, 9.17) is 22.3 Å². The maximum absolute atomic E-state index is 12.0. The SMILES string of the molecule is CC(O)C(NC(=O)CN)C(=O)NCC(=O)NC(CCCN=C(N)N)C(=O)O. The highest BCUT2D eigenvalue weighted by Crippen LogP contribution is 1.99. The number of carboxylic acids is 1. The highest BCUT2D eigenvalue weighted by atomic mass is 16.4. The minimum Gasteiger partial charge on any atom is -0.480 e. The van der Waals surface area contributed by atoms with E-state index in [-0.39, 0.29) is 25.5 Å². The zero-order chi connectivity index (χ0) is 21.0. The van der Waals surface area contributed by atoms with E-state index in [1.807, 2.05) is 0 Å². The fraction of sp³-hybridized carbons (Fsp3) is 0.643. The molecule has 3 atom stereocenters. The maximum atomic E-state index is 12.0. The number of amides is 3. The number of aliphatic carboxylic acids is 1. The van der Waals surface area contributed by atoms with Crippen LogP contribution in [0.15, 0.2) is 4.99 Å². The van der Waals surface area contributed by atoms with Crippen LogP contribution in [0.2, 0.25) is 0 Å². The van der Waals surface area contributed by atoms with Crippen molar-refractivity contribution in [2.45, 2.75) is 38.0 Å². The lowest BCUT2D eigenvalue weighted by Gasteiger charge is -2.21. The lowest BCUT2D eigenvalue weighted by atomic mass is 10.1. The molecule has 0 aromatic rings. The van der Waals surface area contributed by atoms with Crippen LogP contribution < -0.4 is 33.2 Å². The number of hydrogen-bond donors (Lipinski definition) is 8. The smallest absolute Gasteiger partial charge is 0.326 e. The van der Waals surface area contributed by atoms with Crippen LogP contribution in [-0.4, -0.2) is 77.7 Å². The van der Waals surface area contributed by atoms with Crippen LogP contribution in [0.4, 0.5) is 0 Å². The Morgan fingerprint density at radius 3 is 2.22 bits per heavy atom. The first-order chi connectivity index (χ1) is 12.6. The van der Waals surface area contributed by atoms with Crippen LogP contribution in [0, 0.1) is 0 Å². The molecule has 0 aromatic carbocycles. The lowest BCUT2D eigenvalue weighted by molar-refractivity contribution is -0.142. The van der Waals surface area contributed by atoms with Crippen molar-refractivity contribution in [3.8, 4) is 0 Å². The molecule has 154 valence electrons. The zero-order valence-electron chi connectivity index (χ0n) is 15.0. The molecule has 13 nitrogen and oxygen atoms in total. The van der Waals surface area contributed by atoms with E-state index in [2.05, 4.69) is 20.9 Å². The molecule has 11 N–H and O–H groups in total. The highest BCUT2D eigenvalue weighted by molar-refractivity contribution is 5.92. The van der Waals surface area contributed by atoms with E-state index in [0.29, 0.717) is 6.42 Å². The zero-order valence-corrected chi connectivity index (χ0v) is 15.0. The van der Waals surface area contributed by atoms with E-state index < -0.39 is 48.4 Å². The molecule has 0 aliphatic carbocycles. The Morgan fingerprint density at radius 1 is 1.11 bits per heavy atom. The molecule has 0 spiro atoms. The molecule has 0 radical (unpaired) electrons. The molecule has 27 heavy (non-hydrogen) atoms. The summed E-state index contributed by atoms with van der Waals surface area (Å²) < 4.78 is 0. The van der Waals surface area contributed by atoms with Crippen molar-refractivity contribution in [3.05, 3.63) is 0 Å². The van der Waals surface area contributed by atoms with E-state index in [9.17, 15) is 24.3 Å². The average Bonchev–Trinajstić information content (AvgIpc) is 2.59. The number of guanidine groups is 1. The summed E-state index contributed by atoms with van der Waals surface area (Å²) in [5.41, 5.74) is 15.4. The van der Waals surface area contributed by atoms with Gasteiger partial charge in [-0.15, -0.1) is 0 Å². The molecular formula is C14H27N7O6. The second-order valence-electron chi connectivity index (χ2n) is 5.61. The largest absolute Gasteiger partial charge is 0.480 e. The molecule has 0 bridgehead atoms. The second kappa shape index (κ2) is 12.4. The Hall–Kier alpha value is -2.93.